The molecule has 2 fully saturated rings. The Morgan fingerprint density at radius 2 is 1.88 bits per heavy atom. The number of carbonyl (C=O) groups is 3. The maximum absolute atomic E-state index is 12.6. The van der Waals surface area contributed by atoms with Crippen molar-refractivity contribution >= 4 is 29.1 Å². The molecule has 0 aliphatic carbocycles. The number of hydrogen-bond donors (Lipinski definition) is 1. The number of carboxylic acids is 1. The Hall–Kier alpha value is -1.93. The Labute approximate surface area is 144 Å². The van der Waals surface area contributed by atoms with Crippen molar-refractivity contribution in [1.82, 2.24) is 14.7 Å². The average Bonchev–Trinajstić information content (AvgIpc) is 3.00. The fourth-order valence-corrected chi connectivity index (χ4v) is 4.09. The number of fused-ring (bicyclic) bond motifs is 1. The van der Waals surface area contributed by atoms with Gasteiger partial charge in [0.25, 0.3) is 5.91 Å². The first-order valence-corrected chi connectivity index (χ1v) is 8.89. The Balaban J connectivity index is 1.75. The van der Waals surface area contributed by atoms with Crippen LogP contribution in [0.3, 0.4) is 0 Å². The standard InChI is InChI=1S/C16H21N3O4S/c1-11(20)19-8-12(16(22)23)7-17-4-5-18(9-13(17)10-19)15(21)14-3-2-6-24-14/h2-3,6,12-13H,4-5,7-10H2,1H3,(H,22,23)/t12-,13-/m1/s1. The molecule has 24 heavy (non-hydrogen) atoms. The summed E-state index contributed by atoms with van der Waals surface area (Å²) in [6, 6.07) is 3.65. The molecule has 2 amide bonds. The molecule has 1 aromatic rings. The Morgan fingerprint density at radius 3 is 2.50 bits per heavy atom. The minimum atomic E-state index is -0.876. The highest BCUT2D eigenvalue weighted by molar-refractivity contribution is 7.12. The molecule has 3 heterocycles. The molecule has 8 heteroatoms. The van der Waals surface area contributed by atoms with Gasteiger partial charge in [0.15, 0.2) is 0 Å². The summed E-state index contributed by atoms with van der Waals surface area (Å²) in [5.41, 5.74) is 0. The zero-order valence-electron chi connectivity index (χ0n) is 13.6. The van der Waals surface area contributed by atoms with Gasteiger partial charge in [-0.15, -0.1) is 11.3 Å². The summed E-state index contributed by atoms with van der Waals surface area (Å²) in [4.78, 5) is 42.1. The predicted molar refractivity (Wildman–Crippen MR) is 89.0 cm³/mol. The second-order valence-corrected chi connectivity index (χ2v) is 7.28. The van der Waals surface area contributed by atoms with Crippen LogP contribution in [0.1, 0.15) is 16.6 Å². The molecule has 0 bridgehead atoms. The first-order valence-electron chi connectivity index (χ1n) is 8.01. The zero-order chi connectivity index (χ0) is 17.3. The molecule has 0 aromatic carbocycles. The molecule has 1 aromatic heterocycles. The Morgan fingerprint density at radius 1 is 1.12 bits per heavy atom. The van der Waals surface area contributed by atoms with Gasteiger partial charge in [0, 0.05) is 52.2 Å². The molecule has 0 saturated carbocycles. The van der Waals surface area contributed by atoms with Gasteiger partial charge in [0.05, 0.1) is 10.8 Å². The van der Waals surface area contributed by atoms with Gasteiger partial charge in [-0.1, -0.05) is 6.07 Å². The first-order chi connectivity index (χ1) is 11.5. The number of carbonyl (C=O) groups excluding carboxylic acids is 2. The van der Waals surface area contributed by atoms with E-state index < -0.39 is 11.9 Å². The van der Waals surface area contributed by atoms with Crippen molar-refractivity contribution in [3.63, 3.8) is 0 Å². The summed E-state index contributed by atoms with van der Waals surface area (Å²) < 4.78 is 0. The Bertz CT molecular complexity index is 633. The molecule has 1 N–H and O–H groups in total. The van der Waals surface area contributed by atoms with E-state index in [0.29, 0.717) is 37.6 Å². The second-order valence-electron chi connectivity index (χ2n) is 6.34. The van der Waals surface area contributed by atoms with Crippen LogP contribution >= 0.6 is 11.3 Å². The van der Waals surface area contributed by atoms with E-state index >= 15 is 0 Å². The van der Waals surface area contributed by atoms with Crippen molar-refractivity contribution in [1.29, 1.82) is 0 Å². The van der Waals surface area contributed by atoms with Crippen molar-refractivity contribution in [3.8, 4) is 0 Å². The van der Waals surface area contributed by atoms with Crippen LogP contribution in [0.2, 0.25) is 0 Å². The summed E-state index contributed by atoms with van der Waals surface area (Å²) in [6.45, 7) is 4.32. The monoisotopic (exact) mass is 351 g/mol. The minimum absolute atomic E-state index is 0.0121. The van der Waals surface area contributed by atoms with E-state index in [1.54, 1.807) is 4.90 Å². The van der Waals surface area contributed by atoms with E-state index in [-0.39, 0.29) is 24.4 Å². The van der Waals surface area contributed by atoms with Crippen molar-refractivity contribution in [2.75, 3.05) is 39.3 Å². The van der Waals surface area contributed by atoms with Gasteiger partial charge in [-0.2, -0.15) is 0 Å². The van der Waals surface area contributed by atoms with Crippen molar-refractivity contribution in [3.05, 3.63) is 22.4 Å². The number of piperazine rings is 1. The third-order valence-electron chi connectivity index (χ3n) is 4.75. The molecule has 7 nitrogen and oxygen atoms in total. The molecular formula is C16H21N3O4S. The second kappa shape index (κ2) is 6.90. The van der Waals surface area contributed by atoms with Crippen LogP contribution in [0.5, 0.6) is 0 Å². The van der Waals surface area contributed by atoms with Crippen molar-refractivity contribution < 1.29 is 19.5 Å². The van der Waals surface area contributed by atoms with Gasteiger partial charge in [-0.25, -0.2) is 0 Å². The van der Waals surface area contributed by atoms with Crippen LogP contribution in [-0.2, 0) is 9.59 Å². The molecule has 2 saturated heterocycles. The third kappa shape index (κ3) is 3.44. The van der Waals surface area contributed by atoms with Crippen LogP contribution in [0, 0.1) is 5.92 Å². The largest absolute Gasteiger partial charge is 0.481 e. The van der Waals surface area contributed by atoms with Crippen LogP contribution in [0.4, 0.5) is 0 Å². The summed E-state index contributed by atoms with van der Waals surface area (Å²) in [7, 11) is 0. The molecule has 2 atom stereocenters. The first kappa shape index (κ1) is 16.9. The highest BCUT2D eigenvalue weighted by Gasteiger charge is 2.38. The lowest BCUT2D eigenvalue weighted by atomic mass is 10.1. The molecule has 2 aliphatic heterocycles. The van der Waals surface area contributed by atoms with Gasteiger partial charge in [-0.05, 0) is 11.4 Å². The predicted octanol–water partition coefficient (Wildman–Crippen LogP) is 0.437. The lowest BCUT2D eigenvalue weighted by Gasteiger charge is -2.41. The highest BCUT2D eigenvalue weighted by atomic mass is 32.1. The summed E-state index contributed by atoms with van der Waals surface area (Å²) in [6.07, 6.45) is 0. The minimum Gasteiger partial charge on any atom is -0.481 e. The molecule has 130 valence electrons. The molecule has 0 spiro atoms. The number of rotatable bonds is 2. The molecule has 0 radical (unpaired) electrons. The van der Waals surface area contributed by atoms with E-state index in [2.05, 4.69) is 4.90 Å². The van der Waals surface area contributed by atoms with Gasteiger partial charge < -0.3 is 14.9 Å². The maximum Gasteiger partial charge on any atom is 0.309 e. The number of nitrogens with zero attached hydrogens (tertiary/aromatic N) is 3. The fourth-order valence-electron chi connectivity index (χ4n) is 3.40. The lowest BCUT2D eigenvalue weighted by Crippen LogP contribution is -2.57. The summed E-state index contributed by atoms with van der Waals surface area (Å²) >= 11 is 1.42. The van der Waals surface area contributed by atoms with Gasteiger partial charge >= 0.3 is 5.97 Å². The van der Waals surface area contributed by atoms with E-state index in [4.69, 9.17) is 0 Å². The molecule has 2 aliphatic rings. The zero-order valence-corrected chi connectivity index (χ0v) is 14.4. The number of aliphatic carboxylic acids is 1. The quantitative estimate of drug-likeness (QED) is 0.836. The van der Waals surface area contributed by atoms with Crippen LogP contribution in [0.25, 0.3) is 0 Å². The number of thiophene rings is 1. The van der Waals surface area contributed by atoms with Gasteiger partial charge in [0.2, 0.25) is 5.91 Å². The molecule has 3 rings (SSSR count). The third-order valence-corrected chi connectivity index (χ3v) is 5.60. The smallest absolute Gasteiger partial charge is 0.309 e. The van der Waals surface area contributed by atoms with Crippen LogP contribution < -0.4 is 0 Å². The fraction of sp³-hybridized carbons (Fsp3) is 0.562. The number of amides is 2. The van der Waals surface area contributed by atoms with Crippen LogP contribution in [0.15, 0.2) is 17.5 Å². The molecule has 0 unspecified atom stereocenters. The van der Waals surface area contributed by atoms with E-state index in [0.717, 1.165) is 0 Å². The number of carboxylic acid groups (broad SMARTS) is 1. The maximum atomic E-state index is 12.6. The van der Waals surface area contributed by atoms with Crippen LogP contribution in [-0.4, -0.2) is 82.9 Å². The molecular weight excluding hydrogens is 330 g/mol. The van der Waals surface area contributed by atoms with Gasteiger partial charge in [-0.3, -0.25) is 19.3 Å². The van der Waals surface area contributed by atoms with E-state index in [9.17, 15) is 19.5 Å². The van der Waals surface area contributed by atoms with E-state index in [1.807, 2.05) is 22.4 Å². The summed E-state index contributed by atoms with van der Waals surface area (Å²) in [5, 5.41) is 11.3. The van der Waals surface area contributed by atoms with Gasteiger partial charge in [0.1, 0.15) is 0 Å². The Kier molecular flexibility index (Phi) is 4.86. The lowest BCUT2D eigenvalue weighted by molar-refractivity contribution is -0.143. The normalized spacial score (nSPS) is 25.0. The van der Waals surface area contributed by atoms with E-state index in [1.165, 1.54) is 18.3 Å². The number of hydrogen-bond acceptors (Lipinski definition) is 5. The average molecular weight is 351 g/mol. The highest BCUT2D eigenvalue weighted by Crippen LogP contribution is 2.21. The van der Waals surface area contributed by atoms with Crippen molar-refractivity contribution in [2.45, 2.75) is 13.0 Å². The SMILES string of the molecule is CC(=O)N1C[C@H](C(=O)O)CN2CCN(C(=O)c3cccs3)C[C@@H]2C1. The summed E-state index contributed by atoms with van der Waals surface area (Å²) in [5.74, 6) is -1.57. The topological polar surface area (TPSA) is 81.2 Å². The van der Waals surface area contributed by atoms with Crippen molar-refractivity contribution in [2.24, 2.45) is 5.92 Å².